The van der Waals surface area contributed by atoms with Crippen molar-refractivity contribution in [1.29, 1.82) is 0 Å². The Kier molecular flexibility index (Phi) is 6.29. The Bertz CT molecular complexity index is 421. The SMILES string of the molecule is CC(C)CCOCCOC(=O)c1cc(N)ccc1F. The Morgan fingerprint density at radius 2 is 2.05 bits per heavy atom. The van der Waals surface area contributed by atoms with Crippen molar-refractivity contribution in [3.8, 4) is 0 Å². The molecule has 0 fully saturated rings. The summed E-state index contributed by atoms with van der Waals surface area (Å²) in [6.07, 6.45) is 0.956. The second-order valence-corrected chi connectivity index (χ2v) is 4.67. The molecule has 0 unspecified atom stereocenters. The van der Waals surface area contributed by atoms with Crippen LogP contribution in [0.4, 0.5) is 10.1 Å². The Morgan fingerprint density at radius 3 is 2.74 bits per heavy atom. The van der Waals surface area contributed by atoms with Gasteiger partial charge in [-0.15, -0.1) is 0 Å². The fourth-order valence-corrected chi connectivity index (χ4v) is 1.39. The van der Waals surface area contributed by atoms with Crippen molar-refractivity contribution in [3.05, 3.63) is 29.6 Å². The number of rotatable bonds is 7. The van der Waals surface area contributed by atoms with Crippen LogP contribution in [0.1, 0.15) is 30.6 Å². The van der Waals surface area contributed by atoms with Crippen LogP contribution in [0.25, 0.3) is 0 Å². The standard InChI is InChI=1S/C14H20FNO3/c1-10(2)5-6-18-7-8-19-14(17)12-9-11(16)3-4-13(12)15/h3-4,9-10H,5-8,16H2,1-2H3. The predicted molar refractivity (Wildman–Crippen MR) is 71.4 cm³/mol. The molecule has 0 heterocycles. The highest BCUT2D eigenvalue weighted by molar-refractivity contribution is 5.90. The van der Waals surface area contributed by atoms with Gasteiger partial charge in [0.05, 0.1) is 12.2 Å². The average molecular weight is 269 g/mol. The molecule has 19 heavy (non-hydrogen) atoms. The monoisotopic (exact) mass is 269 g/mol. The van der Waals surface area contributed by atoms with E-state index in [2.05, 4.69) is 13.8 Å². The predicted octanol–water partition coefficient (Wildman–Crippen LogP) is 2.63. The molecule has 1 aromatic rings. The van der Waals surface area contributed by atoms with Crippen molar-refractivity contribution in [3.63, 3.8) is 0 Å². The minimum absolute atomic E-state index is 0.102. The van der Waals surface area contributed by atoms with Gasteiger partial charge < -0.3 is 15.2 Å². The molecule has 0 aliphatic heterocycles. The van der Waals surface area contributed by atoms with Crippen LogP contribution in [0.15, 0.2) is 18.2 Å². The van der Waals surface area contributed by atoms with Gasteiger partial charge in [-0.2, -0.15) is 0 Å². The molecular weight excluding hydrogens is 249 g/mol. The Labute approximate surface area is 112 Å². The number of esters is 1. The molecule has 1 aromatic carbocycles. The first-order chi connectivity index (χ1) is 9.00. The molecule has 0 aliphatic rings. The molecule has 1 rings (SSSR count). The molecule has 106 valence electrons. The van der Waals surface area contributed by atoms with Gasteiger partial charge in [0.2, 0.25) is 0 Å². The second-order valence-electron chi connectivity index (χ2n) is 4.67. The highest BCUT2D eigenvalue weighted by atomic mass is 19.1. The third-order valence-corrected chi connectivity index (χ3v) is 2.51. The molecular formula is C14H20FNO3. The van der Waals surface area contributed by atoms with Crippen molar-refractivity contribution in [2.75, 3.05) is 25.6 Å². The molecule has 0 amide bonds. The summed E-state index contributed by atoms with van der Waals surface area (Å²) in [4.78, 5) is 11.6. The summed E-state index contributed by atoms with van der Waals surface area (Å²) in [7, 11) is 0. The van der Waals surface area contributed by atoms with Crippen LogP contribution < -0.4 is 5.73 Å². The van der Waals surface area contributed by atoms with Gasteiger partial charge in [-0.05, 0) is 30.5 Å². The second kappa shape index (κ2) is 7.74. The highest BCUT2D eigenvalue weighted by Crippen LogP contribution is 2.13. The molecule has 0 saturated heterocycles. The van der Waals surface area contributed by atoms with Crippen LogP contribution >= 0.6 is 0 Å². The van der Waals surface area contributed by atoms with Crippen LogP contribution in [0.2, 0.25) is 0 Å². The van der Waals surface area contributed by atoms with E-state index < -0.39 is 11.8 Å². The summed E-state index contributed by atoms with van der Waals surface area (Å²) in [5.41, 5.74) is 5.66. The van der Waals surface area contributed by atoms with Gasteiger partial charge in [0, 0.05) is 12.3 Å². The van der Waals surface area contributed by atoms with Crippen LogP contribution in [-0.2, 0) is 9.47 Å². The number of nitrogen functional groups attached to an aromatic ring is 1. The van der Waals surface area contributed by atoms with E-state index in [1.807, 2.05) is 0 Å². The van der Waals surface area contributed by atoms with Crippen molar-refractivity contribution in [2.24, 2.45) is 5.92 Å². The van der Waals surface area contributed by atoms with Crippen LogP contribution in [-0.4, -0.2) is 25.8 Å². The minimum Gasteiger partial charge on any atom is -0.460 e. The first-order valence-corrected chi connectivity index (χ1v) is 6.30. The van der Waals surface area contributed by atoms with Crippen LogP contribution in [0.3, 0.4) is 0 Å². The number of anilines is 1. The lowest BCUT2D eigenvalue weighted by molar-refractivity contribution is 0.0299. The molecule has 2 N–H and O–H groups in total. The number of hydrogen-bond donors (Lipinski definition) is 1. The summed E-state index contributed by atoms with van der Waals surface area (Å²) in [6.45, 7) is 5.24. The van der Waals surface area contributed by atoms with Gasteiger partial charge in [0.1, 0.15) is 12.4 Å². The molecule has 4 nitrogen and oxygen atoms in total. The zero-order chi connectivity index (χ0) is 14.3. The molecule has 0 radical (unpaired) electrons. The van der Waals surface area contributed by atoms with Gasteiger partial charge in [0.25, 0.3) is 0 Å². The van der Waals surface area contributed by atoms with Crippen molar-refractivity contribution in [2.45, 2.75) is 20.3 Å². The zero-order valence-corrected chi connectivity index (χ0v) is 11.3. The van der Waals surface area contributed by atoms with Crippen molar-refractivity contribution < 1.29 is 18.7 Å². The Hall–Kier alpha value is -1.62. The summed E-state index contributed by atoms with van der Waals surface area (Å²) >= 11 is 0. The maximum atomic E-state index is 13.4. The molecule has 0 aliphatic carbocycles. The fourth-order valence-electron chi connectivity index (χ4n) is 1.39. The molecule has 5 heteroatoms. The number of hydrogen-bond acceptors (Lipinski definition) is 4. The van der Waals surface area contributed by atoms with Crippen molar-refractivity contribution in [1.82, 2.24) is 0 Å². The van der Waals surface area contributed by atoms with E-state index in [9.17, 15) is 9.18 Å². The number of carbonyl (C=O) groups excluding carboxylic acids is 1. The van der Waals surface area contributed by atoms with E-state index in [1.165, 1.54) is 12.1 Å². The lowest BCUT2D eigenvalue weighted by Crippen LogP contribution is -2.13. The summed E-state index contributed by atoms with van der Waals surface area (Å²) in [6, 6.07) is 3.80. The molecule has 0 saturated carbocycles. The van der Waals surface area contributed by atoms with Gasteiger partial charge in [-0.25, -0.2) is 9.18 Å². The molecule has 0 spiro atoms. The van der Waals surface area contributed by atoms with Crippen molar-refractivity contribution >= 4 is 11.7 Å². The number of ether oxygens (including phenoxy) is 2. The van der Waals surface area contributed by atoms with E-state index >= 15 is 0 Å². The largest absolute Gasteiger partial charge is 0.460 e. The first kappa shape index (κ1) is 15.4. The third-order valence-electron chi connectivity index (χ3n) is 2.51. The summed E-state index contributed by atoms with van der Waals surface area (Å²) < 4.78 is 23.6. The van der Waals surface area contributed by atoms with Gasteiger partial charge in [-0.3, -0.25) is 0 Å². The maximum Gasteiger partial charge on any atom is 0.341 e. The minimum atomic E-state index is -0.725. The van der Waals surface area contributed by atoms with E-state index in [0.29, 0.717) is 24.8 Å². The number of carbonyl (C=O) groups is 1. The van der Waals surface area contributed by atoms with E-state index in [0.717, 1.165) is 12.5 Å². The fraction of sp³-hybridized carbons (Fsp3) is 0.500. The van der Waals surface area contributed by atoms with E-state index in [-0.39, 0.29) is 12.2 Å². The topological polar surface area (TPSA) is 61.5 Å². The lowest BCUT2D eigenvalue weighted by Gasteiger charge is -2.08. The number of nitrogens with two attached hydrogens (primary N) is 1. The van der Waals surface area contributed by atoms with Crippen LogP contribution in [0.5, 0.6) is 0 Å². The molecule has 0 atom stereocenters. The summed E-state index contributed by atoms with van der Waals surface area (Å²) in [5, 5.41) is 0. The van der Waals surface area contributed by atoms with Gasteiger partial charge in [0.15, 0.2) is 0 Å². The average Bonchev–Trinajstić information content (AvgIpc) is 2.36. The highest BCUT2D eigenvalue weighted by Gasteiger charge is 2.13. The molecule has 0 aromatic heterocycles. The quantitative estimate of drug-likeness (QED) is 0.469. The lowest BCUT2D eigenvalue weighted by atomic mass is 10.1. The smallest absolute Gasteiger partial charge is 0.341 e. The first-order valence-electron chi connectivity index (χ1n) is 6.30. The molecule has 0 bridgehead atoms. The zero-order valence-electron chi connectivity index (χ0n) is 11.3. The Morgan fingerprint density at radius 1 is 1.32 bits per heavy atom. The summed E-state index contributed by atoms with van der Waals surface area (Å²) in [5.74, 6) is -0.791. The number of halogens is 1. The number of benzene rings is 1. The van der Waals surface area contributed by atoms with E-state index in [1.54, 1.807) is 0 Å². The van der Waals surface area contributed by atoms with Gasteiger partial charge >= 0.3 is 5.97 Å². The van der Waals surface area contributed by atoms with Gasteiger partial charge in [-0.1, -0.05) is 13.8 Å². The maximum absolute atomic E-state index is 13.4. The third kappa shape index (κ3) is 5.70. The Balaban J connectivity index is 2.29. The van der Waals surface area contributed by atoms with Crippen LogP contribution in [0, 0.1) is 11.7 Å². The van der Waals surface area contributed by atoms with E-state index in [4.69, 9.17) is 15.2 Å². The normalized spacial score (nSPS) is 10.7.